The Kier molecular flexibility index (Phi) is 3.19. The molecule has 1 rings (SSSR count). The molecule has 0 saturated carbocycles. The highest BCUT2D eigenvalue weighted by atomic mass is 16.3. The van der Waals surface area contributed by atoms with Crippen LogP contribution in [0.25, 0.3) is 0 Å². The van der Waals surface area contributed by atoms with E-state index in [4.69, 9.17) is 0 Å². The van der Waals surface area contributed by atoms with E-state index in [1.807, 2.05) is 7.85 Å². The van der Waals surface area contributed by atoms with Crippen molar-refractivity contribution >= 4 is 13.8 Å². The van der Waals surface area contributed by atoms with Crippen molar-refractivity contribution in [3.8, 4) is 0 Å². The zero-order valence-electron chi connectivity index (χ0n) is 9.53. The zero-order chi connectivity index (χ0) is 11.6. The van der Waals surface area contributed by atoms with Crippen molar-refractivity contribution in [1.29, 1.82) is 0 Å². The first-order valence-electron chi connectivity index (χ1n) is 4.91. The minimum absolute atomic E-state index is 0.206. The summed E-state index contributed by atoms with van der Waals surface area (Å²) in [6.07, 6.45) is 2.16. The van der Waals surface area contributed by atoms with Gasteiger partial charge < -0.3 is 10.4 Å². The molecule has 0 saturated heterocycles. The van der Waals surface area contributed by atoms with Gasteiger partial charge in [-0.15, -0.1) is 0 Å². The number of carbonyl (C=O) groups excluding carboxylic acids is 1. The van der Waals surface area contributed by atoms with Gasteiger partial charge in [-0.25, -0.2) is 0 Å². The number of aliphatic hydroxyl groups is 1. The molecule has 82 valence electrons. The number of aromatic nitrogens is 2. The average molecular weight is 209 g/mol. The Bertz CT molecular complexity index is 368. The fourth-order valence-electron chi connectivity index (χ4n) is 1.36. The van der Waals surface area contributed by atoms with Gasteiger partial charge in [-0.05, 0) is 20.3 Å². The van der Waals surface area contributed by atoms with Gasteiger partial charge in [0, 0.05) is 13.2 Å². The Morgan fingerprint density at radius 3 is 2.80 bits per heavy atom. The molecule has 0 aliphatic heterocycles. The summed E-state index contributed by atoms with van der Waals surface area (Å²) >= 11 is 0. The Morgan fingerprint density at radius 2 is 2.33 bits per heavy atom. The molecule has 0 bridgehead atoms. The van der Waals surface area contributed by atoms with Crippen LogP contribution >= 0.6 is 0 Å². The Balaban J connectivity index is 3.12. The highest BCUT2D eigenvalue weighted by Crippen LogP contribution is 2.21. The molecule has 0 fully saturated rings. The maximum absolute atomic E-state index is 11.6. The summed E-state index contributed by atoms with van der Waals surface area (Å²) in [6, 6.07) is 0. The number of aryl methyl sites for hydroxylation is 1. The van der Waals surface area contributed by atoms with Crippen LogP contribution in [0, 0.1) is 0 Å². The third-order valence-corrected chi connectivity index (χ3v) is 1.99. The maximum atomic E-state index is 11.6. The Labute approximate surface area is 89.9 Å². The lowest BCUT2D eigenvalue weighted by Gasteiger charge is -2.15. The van der Waals surface area contributed by atoms with Crippen LogP contribution in [0.4, 0.5) is 0 Å². The average Bonchev–Trinajstić information content (AvgIpc) is 2.47. The molecule has 0 aliphatic rings. The number of hydrogen-bond acceptors (Lipinski definition) is 3. The van der Waals surface area contributed by atoms with Crippen LogP contribution in [0.2, 0.25) is 0 Å². The van der Waals surface area contributed by atoms with Gasteiger partial charge in [-0.3, -0.25) is 9.48 Å². The molecule has 0 aliphatic carbocycles. The van der Waals surface area contributed by atoms with Gasteiger partial charge >= 0.3 is 0 Å². The molecule has 6 heteroatoms. The molecule has 1 aromatic rings. The van der Waals surface area contributed by atoms with Crippen molar-refractivity contribution < 1.29 is 9.90 Å². The van der Waals surface area contributed by atoms with Crippen LogP contribution < -0.4 is 5.32 Å². The second kappa shape index (κ2) is 4.06. The lowest BCUT2D eigenvalue weighted by Crippen LogP contribution is -2.28. The smallest absolute Gasteiger partial charge is 0.254 e. The van der Waals surface area contributed by atoms with Crippen LogP contribution in [-0.2, 0) is 12.6 Å². The van der Waals surface area contributed by atoms with Gasteiger partial charge in [0.15, 0.2) is 0 Å². The monoisotopic (exact) mass is 209 g/mol. The van der Waals surface area contributed by atoms with E-state index in [1.54, 1.807) is 27.1 Å². The highest BCUT2D eigenvalue weighted by molar-refractivity contribution is 6.11. The standard InChI is InChI=1S/C9H16BN3O2/c1-9(2,15)7-6(4-13(3)12-7)8(14)11-5-10/h4,15H,5,10H2,1-3H3,(H,11,14). The van der Waals surface area contributed by atoms with E-state index in [1.165, 1.54) is 4.68 Å². The van der Waals surface area contributed by atoms with Gasteiger partial charge in [0.05, 0.1) is 5.56 Å². The SMILES string of the molecule is BCNC(=O)c1cn(C)nc1C(C)(C)O. The number of nitrogens with one attached hydrogen (secondary N) is 1. The third kappa shape index (κ3) is 2.59. The quantitative estimate of drug-likeness (QED) is 0.625. The number of rotatable bonds is 3. The first-order chi connectivity index (χ1) is 6.86. The summed E-state index contributed by atoms with van der Waals surface area (Å²) in [5.74, 6) is -0.206. The summed E-state index contributed by atoms with van der Waals surface area (Å²) in [4.78, 5) is 11.6. The molecule has 0 radical (unpaired) electrons. The van der Waals surface area contributed by atoms with E-state index in [2.05, 4.69) is 10.4 Å². The van der Waals surface area contributed by atoms with E-state index in [-0.39, 0.29) is 5.91 Å². The normalized spacial score (nSPS) is 11.5. The van der Waals surface area contributed by atoms with Crippen molar-refractivity contribution in [1.82, 2.24) is 15.1 Å². The largest absolute Gasteiger partial charge is 0.384 e. The second-order valence-electron chi connectivity index (χ2n) is 3.98. The van der Waals surface area contributed by atoms with E-state index < -0.39 is 5.60 Å². The summed E-state index contributed by atoms with van der Waals surface area (Å²) in [6.45, 7) is 3.22. The summed E-state index contributed by atoms with van der Waals surface area (Å²) in [7, 11) is 3.57. The number of hydrogen-bond donors (Lipinski definition) is 2. The molecule has 0 unspecified atom stereocenters. The molecule has 0 atom stereocenters. The molecular formula is C9H16BN3O2. The Hall–Kier alpha value is -1.30. The minimum Gasteiger partial charge on any atom is -0.384 e. The third-order valence-electron chi connectivity index (χ3n) is 1.99. The molecule has 15 heavy (non-hydrogen) atoms. The number of carbonyl (C=O) groups is 1. The molecule has 1 amide bonds. The van der Waals surface area contributed by atoms with Gasteiger partial charge in [0.1, 0.15) is 19.1 Å². The maximum Gasteiger partial charge on any atom is 0.254 e. The number of amides is 1. The molecule has 0 spiro atoms. The van der Waals surface area contributed by atoms with Gasteiger partial charge in [-0.1, -0.05) is 0 Å². The zero-order valence-corrected chi connectivity index (χ0v) is 9.53. The van der Waals surface area contributed by atoms with Crippen molar-refractivity contribution in [2.45, 2.75) is 19.4 Å². The van der Waals surface area contributed by atoms with Crippen molar-refractivity contribution in [2.75, 3.05) is 6.44 Å². The molecule has 1 heterocycles. The summed E-state index contributed by atoms with van der Waals surface area (Å²) < 4.78 is 1.53. The minimum atomic E-state index is -1.11. The van der Waals surface area contributed by atoms with Crippen molar-refractivity contribution in [3.63, 3.8) is 0 Å². The van der Waals surface area contributed by atoms with Crippen LogP contribution in [0.1, 0.15) is 29.9 Å². The van der Waals surface area contributed by atoms with Crippen LogP contribution in [0.5, 0.6) is 0 Å². The molecule has 1 aromatic heterocycles. The first kappa shape index (κ1) is 11.8. The molecule has 0 aromatic carbocycles. The van der Waals surface area contributed by atoms with E-state index in [0.29, 0.717) is 17.7 Å². The van der Waals surface area contributed by atoms with E-state index in [0.717, 1.165) is 0 Å². The summed E-state index contributed by atoms with van der Waals surface area (Å²) in [5, 5.41) is 16.6. The Morgan fingerprint density at radius 1 is 1.73 bits per heavy atom. The molecule has 5 nitrogen and oxygen atoms in total. The first-order valence-corrected chi connectivity index (χ1v) is 4.91. The van der Waals surface area contributed by atoms with Crippen LogP contribution in [-0.4, -0.2) is 35.1 Å². The second-order valence-corrected chi connectivity index (χ2v) is 3.98. The fourth-order valence-corrected chi connectivity index (χ4v) is 1.36. The van der Waals surface area contributed by atoms with Crippen LogP contribution in [0.3, 0.4) is 0 Å². The van der Waals surface area contributed by atoms with Gasteiger partial charge in [0.25, 0.3) is 5.91 Å². The lowest BCUT2D eigenvalue weighted by atomic mass is 10.0. The van der Waals surface area contributed by atoms with Gasteiger partial charge in [0.2, 0.25) is 0 Å². The van der Waals surface area contributed by atoms with Crippen molar-refractivity contribution in [3.05, 3.63) is 17.5 Å². The van der Waals surface area contributed by atoms with E-state index >= 15 is 0 Å². The van der Waals surface area contributed by atoms with Crippen molar-refractivity contribution in [2.24, 2.45) is 7.05 Å². The summed E-state index contributed by atoms with van der Waals surface area (Å²) in [5.41, 5.74) is -0.287. The predicted molar refractivity (Wildman–Crippen MR) is 59.3 cm³/mol. The lowest BCUT2D eigenvalue weighted by molar-refractivity contribution is 0.0702. The predicted octanol–water partition coefficient (Wildman–Crippen LogP) is -1.03. The number of nitrogens with zero attached hydrogens (tertiary/aromatic N) is 2. The molecule has 2 N–H and O–H groups in total. The highest BCUT2D eigenvalue weighted by Gasteiger charge is 2.26. The van der Waals surface area contributed by atoms with Gasteiger partial charge in [-0.2, -0.15) is 5.10 Å². The topological polar surface area (TPSA) is 67.2 Å². The van der Waals surface area contributed by atoms with Crippen LogP contribution in [0.15, 0.2) is 6.20 Å². The molecular weight excluding hydrogens is 193 g/mol. The fraction of sp³-hybridized carbons (Fsp3) is 0.556. The van der Waals surface area contributed by atoms with E-state index in [9.17, 15) is 9.90 Å².